The van der Waals surface area contributed by atoms with Gasteiger partial charge < -0.3 is 4.74 Å². The molecule has 20 heavy (non-hydrogen) atoms. The fourth-order valence-electron chi connectivity index (χ4n) is 2.54. The number of hydrogen-bond donors (Lipinski definition) is 0. The van der Waals surface area contributed by atoms with Gasteiger partial charge in [0, 0.05) is 6.92 Å². The second kappa shape index (κ2) is 5.66. The van der Waals surface area contributed by atoms with E-state index in [1.807, 2.05) is 6.08 Å². The highest BCUT2D eigenvalue weighted by Crippen LogP contribution is 2.33. The molecule has 0 saturated carbocycles. The molecule has 1 aliphatic rings. The number of aryl methyl sites for hydroxylation is 1. The van der Waals surface area contributed by atoms with Gasteiger partial charge in [-0.2, -0.15) is 0 Å². The van der Waals surface area contributed by atoms with Crippen molar-refractivity contribution in [1.82, 2.24) is 0 Å². The van der Waals surface area contributed by atoms with Crippen molar-refractivity contribution in [1.29, 1.82) is 0 Å². The molecule has 2 heteroatoms. The predicted octanol–water partition coefficient (Wildman–Crippen LogP) is 4.39. The highest BCUT2D eigenvalue weighted by Gasteiger charge is 2.20. The maximum atomic E-state index is 10.8. The third kappa shape index (κ3) is 3.38. The smallest absolute Gasteiger partial charge is 0.307 e. The Hall–Kier alpha value is -1.83. The SMILES string of the molecule is CC(=O)O/C=C/C1=Cc2c(cccc2C(C)(C)C)CC1. The zero-order chi connectivity index (χ0) is 14.8. The average Bonchev–Trinajstić information content (AvgIpc) is 2.36. The zero-order valence-corrected chi connectivity index (χ0v) is 12.7. The number of hydrogen-bond acceptors (Lipinski definition) is 2. The van der Waals surface area contributed by atoms with Gasteiger partial charge in [-0.3, -0.25) is 4.79 Å². The molecule has 2 rings (SSSR count). The van der Waals surface area contributed by atoms with Crippen LogP contribution in [0.1, 0.15) is 50.8 Å². The summed E-state index contributed by atoms with van der Waals surface area (Å²) in [6.07, 6.45) is 7.62. The molecule has 0 amide bonds. The number of carbonyl (C=O) groups is 1. The summed E-state index contributed by atoms with van der Waals surface area (Å²) in [6, 6.07) is 6.55. The van der Waals surface area contributed by atoms with E-state index in [0.29, 0.717) is 0 Å². The zero-order valence-electron chi connectivity index (χ0n) is 12.7. The van der Waals surface area contributed by atoms with Crippen LogP contribution < -0.4 is 0 Å². The van der Waals surface area contributed by atoms with Crippen LogP contribution in [0, 0.1) is 0 Å². The number of benzene rings is 1. The first-order valence-electron chi connectivity index (χ1n) is 7.04. The molecule has 0 heterocycles. The monoisotopic (exact) mass is 270 g/mol. The fourth-order valence-corrected chi connectivity index (χ4v) is 2.54. The quantitative estimate of drug-likeness (QED) is 0.588. The third-order valence-corrected chi connectivity index (χ3v) is 3.53. The fraction of sp³-hybridized carbons (Fsp3) is 0.389. The van der Waals surface area contributed by atoms with Crippen molar-refractivity contribution in [3.05, 3.63) is 52.8 Å². The lowest BCUT2D eigenvalue weighted by Crippen LogP contribution is -2.15. The second-order valence-corrected chi connectivity index (χ2v) is 6.26. The summed E-state index contributed by atoms with van der Waals surface area (Å²) in [7, 11) is 0. The minimum atomic E-state index is -0.284. The summed E-state index contributed by atoms with van der Waals surface area (Å²) in [5.41, 5.74) is 5.43. The van der Waals surface area contributed by atoms with Crippen LogP contribution >= 0.6 is 0 Å². The Morgan fingerprint density at radius 2 is 2.00 bits per heavy atom. The molecule has 0 spiro atoms. The topological polar surface area (TPSA) is 26.3 Å². The van der Waals surface area contributed by atoms with Gasteiger partial charge in [-0.1, -0.05) is 45.0 Å². The molecule has 0 fully saturated rings. The molecule has 0 aliphatic heterocycles. The lowest BCUT2D eigenvalue weighted by Gasteiger charge is -2.26. The Kier molecular flexibility index (Phi) is 4.12. The molecule has 0 saturated heterocycles. The minimum Gasteiger partial charge on any atom is -0.435 e. The molecule has 0 atom stereocenters. The van der Waals surface area contributed by atoms with Gasteiger partial charge in [0.25, 0.3) is 0 Å². The Bertz CT molecular complexity index is 572. The van der Waals surface area contributed by atoms with Crippen molar-refractivity contribution in [2.75, 3.05) is 0 Å². The van der Waals surface area contributed by atoms with E-state index in [2.05, 4.69) is 45.0 Å². The van der Waals surface area contributed by atoms with Gasteiger partial charge in [-0.05, 0) is 46.6 Å². The molecule has 2 nitrogen and oxygen atoms in total. The van der Waals surface area contributed by atoms with Crippen molar-refractivity contribution in [2.45, 2.75) is 46.0 Å². The van der Waals surface area contributed by atoms with Gasteiger partial charge >= 0.3 is 5.97 Å². The molecule has 1 aliphatic carbocycles. The number of ether oxygens (including phenoxy) is 1. The molecule has 1 aromatic carbocycles. The van der Waals surface area contributed by atoms with Crippen LogP contribution in [0.2, 0.25) is 0 Å². The molecule has 0 aromatic heterocycles. The van der Waals surface area contributed by atoms with E-state index in [4.69, 9.17) is 4.74 Å². The van der Waals surface area contributed by atoms with Gasteiger partial charge in [0.1, 0.15) is 0 Å². The van der Waals surface area contributed by atoms with Gasteiger partial charge in [-0.15, -0.1) is 0 Å². The molecule has 0 N–H and O–H groups in total. The Balaban J connectivity index is 2.34. The number of esters is 1. The molecular weight excluding hydrogens is 248 g/mol. The Morgan fingerprint density at radius 1 is 1.25 bits per heavy atom. The van der Waals surface area contributed by atoms with Crippen molar-refractivity contribution in [3.63, 3.8) is 0 Å². The molecule has 0 unspecified atom stereocenters. The van der Waals surface area contributed by atoms with Gasteiger partial charge in [0.2, 0.25) is 0 Å². The van der Waals surface area contributed by atoms with E-state index >= 15 is 0 Å². The summed E-state index contributed by atoms with van der Waals surface area (Å²) in [6.45, 7) is 8.12. The molecule has 106 valence electrons. The van der Waals surface area contributed by atoms with Crippen LogP contribution in [0.25, 0.3) is 6.08 Å². The average molecular weight is 270 g/mol. The molecular formula is C18H22O2. The molecule has 0 radical (unpaired) electrons. The second-order valence-electron chi connectivity index (χ2n) is 6.26. The van der Waals surface area contributed by atoms with E-state index in [-0.39, 0.29) is 11.4 Å². The molecule has 0 bridgehead atoms. The van der Waals surface area contributed by atoms with Gasteiger partial charge in [0.15, 0.2) is 0 Å². The summed E-state index contributed by atoms with van der Waals surface area (Å²) < 4.78 is 4.87. The van der Waals surface area contributed by atoms with Crippen molar-refractivity contribution in [3.8, 4) is 0 Å². The van der Waals surface area contributed by atoms with Crippen LogP contribution in [-0.2, 0) is 21.4 Å². The van der Waals surface area contributed by atoms with Crippen LogP contribution in [0.15, 0.2) is 36.1 Å². The van der Waals surface area contributed by atoms with Crippen LogP contribution in [0.4, 0.5) is 0 Å². The van der Waals surface area contributed by atoms with E-state index < -0.39 is 0 Å². The minimum absolute atomic E-state index is 0.129. The number of rotatable bonds is 2. The summed E-state index contributed by atoms with van der Waals surface area (Å²) in [4.78, 5) is 10.8. The van der Waals surface area contributed by atoms with Crippen LogP contribution in [0.5, 0.6) is 0 Å². The van der Waals surface area contributed by atoms with Crippen molar-refractivity contribution in [2.24, 2.45) is 0 Å². The van der Waals surface area contributed by atoms with Gasteiger partial charge in [0.05, 0.1) is 6.26 Å². The standard InChI is InChI=1S/C18H22O2/c1-13(19)20-11-10-14-8-9-15-6-5-7-17(16(15)12-14)18(2,3)4/h5-7,10-12H,8-9H2,1-4H3/b11-10+. The maximum Gasteiger partial charge on any atom is 0.307 e. The van der Waals surface area contributed by atoms with E-state index in [1.54, 1.807) is 0 Å². The maximum absolute atomic E-state index is 10.8. The van der Waals surface area contributed by atoms with Crippen molar-refractivity contribution < 1.29 is 9.53 Å². The lowest BCUT2D eigenvalue weighted by atomic mass is 9.79. The highest BCUT2D eigenvalue weighted by molar-refractivity contribution is 5.68. The number of carbonyl (C=O) groups excluding carboxylic acids is 1. The highest BCUT2D eigenvalue weighted by atomic mass is 16.5. The first-order chi connectivity index (χ1) is 9.38. The largest absolute Gasteiger partial charge is 0.435 e. The first-order valence-corrected chi connectivity index (χ1v) is 7.04. The van der Waals surface area contributed by atoms with Crippen molar-refractivity contribution >= 4 is 12.0 Å². The van der Waals surface area contributed by atoms with E-state index in [1.165, 1.54) is 35.4 Å². The van der Waals surface area contributed by atoms with E-state index in [9.17, 15) is 4.79 Å². The first kappa shape index (κ1) is 14.6. The summed E-state index contributed by atoms with van der Waals surface area (Å²) in [5.74, 6) is -0.284. The van der Waals surface area contributed by atoms with Crippen LogP contribution in [0.3, 0.4) is 0 Å². The number of fused-ring (bicyclic) bond motifs is 1. The normalized spacial score (nSPS) is 14.9. The predicted molar refractivity (Wildman–Crippen MR) is 82.3 cm³/mol. The van der Waals surface area contributed by atoms with Crippen LogP contribution in [-0.4, -0.2) is 5.97 Å². The Morgan fingerprint density at radius 3 is 2.65 bits per heavy atom. The third-order valence-electron chi connectivity index (χ3n) is 3.53. The molecule has 1 aromatic rings. The van der Waals surface area contributed by atoms with Gasteiger partial charge in [-0.25, -0.2) is 0 Å². The summed E-state index contributed by atoms with van der Waals surface area (Å²) >= 11 is 0. The number of allylic oxidation sites excluding steroid dienone is 2. The Labute approximate surface area is 121 Å². The van der Waals surface area contributed by atoms with E-state index in [0.717, 1.165) is 12.8 Å². The summed E-state index contributed by atoms with van der Waals surface area (Å²) in [5, 5.41) is 0. The lowest BCUT2D eigenvalue weighted by molar-refractivity contribution is -0.135.